The smallest absolute Gasteiger partial charge is 0.313 e. The van der Waals surface area contributed by atoms with E-state index < -0.39 is 21.8 Å². The van der Waals surface area contributed by atoms with E-state index in [1.54, 1.807) is 12.1 Å². The number of likely N-dealkylation sites (tertiary alicyclic amines) is 1. The molecule has 7 nitrogen and oxygen atoms in total. The van der Waals surface area contributed by atoms with Crippen molar-refractivity contribution < 1.29 is 22.4 Å². The highest BCUT2D eigenvalue weighted by molar-refractivity contribution is 7.92. The zero-order chi connectivity index (χ0) is 21.7. The van der Waals surface area contributed by atoms with E-state index in [0.717, 1.165) is 31.1 Å². The number of benzene rings is 2. The third kappa shape index (κ3) is 6.28. The lowest BCUT2D eigenvalue weighted by Crippen LogP contribution is -2.44. The number of amides is 2. The third-order valence-electron chi connectivity index (χ3n) is 4.98. The summed E-state index contributed by atoms with van der Waals surface area (Å²) in [6.45, 7) is 0.991. The van der Waals surface area contributed by atoms with Gasteiger partial charge in [0.25, 0.3) is 0 Å². The van der Waals surface area contributed by atoms with Gasteiger partial charge in [-0.15, -0.1) is 0 Å². The summed E-state index contributed by atoms with van der Waals surface area (Å²) in [4.78, 5) is 26.3. The van der Waals surface area contributed by atoms with Crippen molar-refractivity contribution in [3.8, 4) is 0 Å². The number of halogens is 1. The van der Waals surface area contributed by atoms with Crippen molar-refractivity contribution in [1.82, 2.24) is 4.90 Å². The van der Waals surface area contributed by atoms with E-state index in [2.05, 4.69) is 10.0 Å². The molecule has 9 heteroatoms. The maximum Gasteiger partial charge on any atom is 0.313 e. The Kier molecular flexibility index (Phi) is 6.71. The minimum absolute atomic E-state index is 0.258. The fourth-order valence-corrected chi connectivity index (χ4v) is 4.02. The number of sulfonamides is 1. The molecule has 2 N–H and O–H groups in total. The van der Waals surface area contributed by atoms with Crippen LogP contribution in [0.1, 0.15) is 18.4 Å². The molecule has 1 aliphatic heterocycles. The van der Waals surface area contributed by atoms with Crippen molar-refractivity contribution >= 4 is 33.2 Å². The molecule has 1 saturated heterocycles. The first-order valence-electron chi connectivity index (χ1n) is 9.62. The van der Waals surface area contributed by atoms with Gasteiger partial charge in [0, 0.05) is 24.5 Å². The molecule has 1 aliphatic rings. The highest BCUT2D eigenvalue weighted by Crippen LogP contribution is 2.22. The number of anilines is 2. The van der Waals surface area contributed by atoms with Gasteiger partial charge < -0.3 is 10.2 Å². The van der Waals surface area contributed by atoms with Gasteiger partial charge in [-0.1, -0.05) is 12.1 Å². The average Bonchev–Trinajstić information content (AvgIpc) is 2.70. The molecule has 1 fully saturated rings. The number of carbonyl (C=O) groups is 2. The van der Waals surface area contributed by atoms with E-state index in [9.17, 15) is 22.4 Å². The van der Waals surface area contributed by atoms with Crippen LogP contribution in [0, 0.1) is 11.7 Å². The molecule has 2 aromatic rings. The number of hydrogen-bond donors (Lipinski definition) is 2. The minimum Gasteiger partial charge on any atom is -0.334 e. The van der Waals surface area contributed by atoms with Gasteiger partial charge in [0.15, 0.2) is 0 Å². The molecule has 160 valence electrons. The number of piperidine rings is 1. The number of hydrogen-bond acceptors (Lipinski definition) is 4. The molecule has 2 amide bonds. The summed E-state index contributed by atoms with van der Waals surface area (Å²) in [5.41, 5.74) is 1.83. The van der Waals surface area contributed by atoms with Crippen LogP contribution in [0.2, 0.25) is 0 Å². The number of nitrogens with zero attached hydrogens (tertiary/aromatic N) is 1. The standard InChI is InChI=1S/C21H24FN3O4S/c1-30(28,29)24-19-8-6-18(7-9-19)23-20(26)21(27)25-12-10-16(11-13-25)14-15-2-4-17(22)5-3-15/h2-9,16,24H,10-14H2,1H3,(H,23,26). The second-order valence-corrected chi connectivity index (χ2v) is 9.22. The van der Waals surface area contributed by atoms with Crippen molar-refractivity contribution in [3.05, 3.63) is 59.9 Å². The Hall–Kier alpha value is -2.94. The van der Waals surface area contributed by atoms with E-state index in [0.29, 0.717) is 30.4 Å². The van der Waals surface area contributed by atoms with Gasteiger partial charge in [-0.25, -0.2) is 12.8 Å². The Balaban J connectivity index is 1.48. The van der Waals surface area contributed by atoms with Gasteiger partial charge in [-0.05, 0) is 67.1 Å². The van der Waals surface area contributed by atoms with E-state index in [4.69, 9.17) is 0 Å². The topological polar surface area (TPSA) is 95.6 Å². The lowest BCUT2D eigenvalue weighted by atomic mass is 9.90. The number of rotatable bonds is 5. The zero-order valence-corrected chi connectivity index (χ0v) is 17.4. The SMILES string of the molecule is CS(=O)(=O)Nc1ccc(NC(=O)C(=O)N2CCC(Cc3ccc(F)cc3)CC2)cc1. The maximum atomic E-state index is 13.0. The first-order chi connectivity index (χ1) is 14.2. The Morgan fingerprint density at radius 2 is 1.57 bits per heavy atom. The Morgan fingerprint density at radius 3 is 2.13 bits per heavy atom. The number of nitrogens with one attached hydrogen (secondary N) is 2. The van der Waals surface area contributed by atoms with Crippen LogP contribution in [0.15, 0.2) is 48.5 Å². The monoisotopic (exact) mass is 433 g/mol. The van der Waals surface area contributed by atoms with E-state index in [1.165, 1.54) is 41.3 Å². The second-order valence-electron chi connectivity index (χ2n) is 7.47. The highest BCUT2D eigenvalue weighted by atomic mass is 32.2. The lowest BCUT2D eigenvalue weighted by Gasteiger charge is -2.31. The summed E-state index contributed by atoms with van der Waals surface area (Å²) in [5.74, 6) is -1.19. The molecule has 3 rings (SSSR count). The zero-order valence-electron chi connectivity index (χ0n) is 16.6. The van der Waals surface area contributed by atoms with Gasteiger partial charge in [0.05, 0.1) is 6.26 Å². The van der Waals surface area contributed by atoms with Crippen molar-refractivity contribution in [2.24, 2.45) is 5.92 Å². The minimum atomic E-state index is -3.38. The van der Waals surface area contributed by atoms with Gasteiger partial charge in [0.1, 0.15) is 5.82 Å². The normalized spacial score (nSPS) is 14.9. The molecule has 0 bridgehead atoms. The van der Waals surface area contributed by atoms with Crippen LogP contribution in [0.25, 0.3) is 0 Å². The van der Waals surface area contributed by atoms with Crippen LogP contribution >= 0.6 is 0 Å². The molecular weight excluding hydrogens is 409 g/mol. The maximum absolute atomic E-state index is 13.0. The molecule has 0 aliphatic carbocycles. The molecule has 0 saturated carbocycles. The fourth-order valence-electron chi connectivity index (χ4n) is 3.46. The number of carbonyl (C=O) groups excluding carboxylic acids is 2. The van der Waals surface area contributed by atoms with Crippen LogP contribution in [0.5, 0.6) is 0 Å². The van der Waals surface area contributed by atoms with Crippen LogP contribution in [0.3, 0.4) is 0 Å². The largest absolute Gasteiger partial charge is 0.334 e. The van der Waals surface area contributed by atoms with Crippen LogP contribution in [-0.4, -0.2) is 44.5 Å². The fraction of sp³-hybridized carbons (Fsp3) is 0.333. The molecular formula is C21H24FN3O4S. The van der Waals surface area contributed by atoms with Crippen LogP contribution in [0.4, 0.5) is 15.8 Å². The van der Waals surface area contributed by atoms with E-state index >= 15 is 0 Å². The molecule has 2 aromatic carbocycles. The quantitative estimate of drug-likeness (QED) is 0.709. The van der Waals surface area contributed by atoms with Gasteiger partial charge in [-0.3, -0.25) is 14.3 Å². The van der Waals surface area contributed by atoms with Gasteiger partial charge in [0.2, 0.25) is 10.0 Å². The second kappa shape index (κ2) is 9.25. The van der Waals surface area contributed by atoms with Crippen LogP contribution in [-0.2, 0) is 26.0 Å². The first kappa shape index (κ1) is 21.8. The van der Waals surface area contributed by atoms with E-state index in [1.807, 2.05) is 0 Å². The molecule has 0 aromatic heterocycles. The third-order valence-corrected chi connectivity index (χ3v) is 5.59. The molecule has 0 unspecified atom stereocenters. The molecule has 30 heavy (non-hydrogen) atoms. The highest BCUT2D eigenvalue weighted by Gasteiger charge is 2.27. The first-order valence-corrected chi connectivity index (χ1v) is 11.5. The predicted molar refractivity (Wildman–Crippen MR) is 113 cm³/mol. The van der Waals surface area contributed by atoms with Crippen molar-refractivity contribution in [2.45, 2.75) is 19.3 Å². The van der Waals surface area contributed by atoms with Crippen LogP contribution < -0.4 is 10.0 Å². The van der Waals surface area contributed by atoms with Crippen molar-refractivity contribution in [1.29, 1.82) is 0 Å². The average molecular weight is 434 g/mol. The Labute approximate surface area is 175 Å². The summed E-state index contributed by atoms with van der Waals surface area (Å²) in [5, 5.41) is 2.54. The van der Waals surface area contributed by atoms with E-state index in [-0.39, 0.29) is 5.82 Å². The Bertz CT molecular complexity index is 1000. The predicted octanol–water partition coefficient (Wildman–Crippen LogP) is 2.62. The van der Waals surface area contributed by atoms with Crippen molar-refractivity contribution in [3.63, 3.8) is 0 Å². The summed E-state index contributed by atoms with van der Waals surface area (Å²) < 4.78 is 37.8. The molecule has 0 radical (unpaired) electrons. The summed E-state index contributed by atoms with van der Waals surface area (Å²) in [6.07, 6.45) is 3.43. The Morgan fingerprint density at radius 1 is 1.00 bits per heavy atom. The van der Waals surface area contributed by atoms with Gasteiger partial charge >= 0.3 is 11.8 Å². The molecule has 0 spiro atoms. The summed E-state index contributed by atoms with van der Waals surface area (Å²) >= 11 is 0. The van der Waals surface area contributed by atoms with Crippen molar-refractivity contribution in [2.75, 3.05) is 29.4 Å². The lowest BCUT2D eigenvalue weighted by molar-refractivity contribution is -0.144. The summed E-state index contributed by atoms with van der Waals surface area (Å²) in [6, 6.07) is 12.5. The molecule has 0 atom stereocenters. The summed E-state index contributed by atoms with van der Waals surface area (Å²) in [7, 11) is -3.38. The molecule has 1 heterocycles. The van der Waals surface area contributed by atoms with Gasteiger partial charge in [-0.2, -0.15) is 0 Å².